The molecule has 0 spiro atoms. The van der Waals surface area contributed by atoms with Crippen LogP contribution in [0.5, 0.6) is 0 Å². The Bertz CT molecular complexity index is 147. The van der Waals surface area contributed by atoms with Crippen LogP contribution in [0.1, 0.15) is 27.2 Å². The Hall–Kier alpha value is -0.123. The van der Waals surface area contributed by atoms with Crippen molar-refractivity contribution in [3.05, 3.63) is 12.7 Å². The van der Waals surface area contributed by atoms with Crippen LogP contribution in [0, 0.1) is 0 Å². The highest BCUT2D eigenvalue weighted by molar-refractivity contribution is 6.73. The first-order chi connectivity index (χ1) is 6.67. The summed E-state index contributed by atoms with van der Waals surface area (Å²) in [6.45, 7) is 10.6. The summed E-state index contributed by atoms with van der Waals surface area (Å²) in [7, 11) is -1.52. The zero-order chi connectivity index (χ0) is 11.0. The molecule has 0 rings (SSSR count). The van der Waals surface area contributed by atoms with Gasteiger partial charge >= 0.3 is 0 Å². The van der Waals surface area contributed by atoms with Crippen molar-refractivity contribution in [2.24, 2.45) is 0 Å². The van der Waals surface area contributed by atoms with E-state index in [0.717, 1.165) is 18.1 Å². The second kappa shape index (κ2) is 7.21. The fourth-order valence-electron chi connectivity index (χ4n) is 1.67. The molecule has 1 atom stereocenters. The van der Waals surface area contributed by atoms with Crippen molar-refractivity contribution in [2.75, 3.05) is 6.61 Å². The minimum absolute atomic E-state index is 0.0477. The molecule has 0 aliphatic rings. The molecule has 0 bridgehead atoms. The predicted molar refractivity (Wildman–Crippen MR) is 64.0 cm³/mol. The van der Waals surface area contributed by atoms with Gasteiger partial charge in [0.15, 0.2) is 8.32 Å². The number of hydrogen-bond acceptors (Lipinski definition) is 2. The van der Waals surface area contributed by atoms with Crippen LogP contribution >= 0.6 is 0 Å². The van der Waals surface area contributed by atoms with E-state index in [9.17, 15) is 0 Å². The van der Waals surface area contributed by atoms with Gasteiger partial charge in [0, 0.05) is 6.61 Å². The van der Waals surface area contributed by atoms with Gasteiger partial charge in [0.05, 0.1) is 6.10 Å². The van der Waals surface area contributed by atoms with Crippen molar-refractivity contribution in [1.29, 1.82) is 0 Å². The van der Waals surface area contributed by atoms with Crippen molar-refractivity contribution in [3.63, 3.8) is 0 Å². The first-order valence-electron chi connectivity index (χ1n) is 5.59. The molecular weight excluding hydrogens is 192 g/mol. The largest absolute Gasteiger partial charge is 0.410 e. The summed E-state index contributed by atoms with van der Waals surface area (Å²) >= 11 is 0. The maximum Gasteiger partial charge on any atom is 0.192 e. The minimum atomic E-state index is -1.52. The maximum atomic E-state index is 8.87. The van der Waals surface area contributed by atoms with E-state index in [1.165, 1.54) is 0 Å². The predicted octanol–water partition coefficient (Wildman–Crippen LogP) is 2.95. The average Bonchev–Trinajstić information content (AvgIpc) is 2.25. The van der Waals surface area contributed by atoms with Crippen LogP contribution in [0.2, 0.25) is 18.1 Å². The van der Waals surface area contributed by atoms with Crippen molar-refractivity contribution >= 4 is 8.32 Å². The van der Waals surface area contributed by atoms with Gasteiger partial charge < -0.3 is 9.53 Å². The third kappa shape index (κ3) is 3.94. The second-order valence-corrected chi connectivity index (χ2v) is 8.37. The first-order valence-corrected chi connectivity index (χ1v) is 8.12. The molecule has 14 heavy (non-hydrogen) atoms. The van der Waals surface area contributed by atoms with Gasteiger partial charge in [-0.1, -0.05) is 26.8 Å². The van der Waals surface area contributed by atoms with Gasteiger partial charge in [-0.2, -0.15) is 0 Å². The van der Waals surface area contributed by atoms with E-state index < -0.39 is 8.32 Å². The molecule has 0 saturated carbocycles. The molecule has 0 aliphatic carbocycles. The maximum absolute atomic E-state index is 8.87. The molecular formula is C11H24O2Si. The third-order valence-corrected chi connectivity index (χ3v) is 7.68. The van der Waals surface area contributed by atoms with E-state index in [4.69, 9.17) is 9.53 Å². The summed E-state index contributed by atoms with van der Waals surface area (Å²) in [5.41, 5.74) is 0. The van der Waals surface area contributed by atoms with Crippen LogP contribution in [0.4, 0.5) is 0 Å². The topological polar surface area (TPSA) is 29.5 Å². The normalized spacial score (nSPS) is 14.0. The van der Waals surface area contributed by atoms with Crippen molar-refractivity contribution in [3.8, 4) is 0 Å². The molecule has 0 radical (unpaired) electrons. The smallest absolute Gasteiger partial charge is 0.192 e. The number of rotatable bonds is 8. The molecule has 1 N–H and O–H groups in total. The molecule has 0 fully saturated rings. The summed E-state index contributed by atoms with van der Waals surface area (Å²) in [4.78, 5) is 0. The minimum Gasteiger partial charge on any atom is -0.410 e. The quantitative estimate of drug-likeness (QED) is 0.499. The lowest BCUT2D eigenvalue weighted by Gasteiger charge is -2.31. The molecule has 0 amide bonds. The van der Waals surface area contributed by atoms with Crippen molar-refractivity contribution < 1.29 is 9.53 Å². The molecule has 1 unspecified atom stereocenters. The molecule has 0 aromatic rings. The second-order valence-electron chi connectivity index (χ2n) is 3.65. The van der Waals surface area contributed by atoms with Crippen LogP contribution in [0.25, 0.3) is 0 Å². The lowest BCUT2D eigenvalue weighted by molar-refractivity contribution is 0.178. The molecule has 0 aromatic heterocycles. The highest BCUT2D eigenvalue weighted by atomic mass is 28.4. The Morgan fingerprint density at radius 3 is 2.07 bits per heavy atom. The molecule has 0 heterocycles. The van der Waals surface area contributed by atoms with E-state index in [0.29, 0.717) is 6.42 Å². The van der Waals surface area contributed by atoms with Crippen LogP contribution < -0.4 is 0 Å². The fraction of sp³-hybridized carbons (Fsp3) is 0.818. The van der Waals surface area contributed by atoms with Crippen LogP contribution in [-0.4, -0.2) is 26.1 Å². The lowest BCUT2D eigenvalue weighted by atomic mass is 10.3. The van der Waals surface area contributed by atoms with Crippen LogP contribution in [-0.2, 0) is 4.43 Å². The van der Waals surface area contributed by atoms with Gasteiger partial charge in [-0.05, 0) is 24.6 Å². The molecule has 3 heteroatoms. The molecule has 84 valence electrons. The SMILES string of the molecule is C=CC(CCO)O[Si](CC)(CC)CC. The van der Waals surface area contributed by atoms with E-state index in [2.05, 4.69) is 27.4 Å². The van der Waals surface area contributed by atoms with Gasteiger partial charge in [0.25, 0.3) is 0 Å². The molecule has 0 saturated heterocycles. The van der Waals surface area contributed by atoms with Gasteiger partial charge in [-0.3, -0.25) is 0 Å². The van der Waals surface area contributed by atoms with Gasteiger partial charge in [-0.25, -0.2) is 0 Å². The standard InChI is InChI=1S/C11H24O2Si/c1-5-11(9-10-12)13-14(6-2,7-3)8-4/h5,11-12H,1,6-10H2,2-4H3. The molecule has 0 aliphatic heterocycles. The van der Waals surface area contributed by atoms with E-state index in [1.807, 2.05) is 6.08 Å². The number of aliphatic hydroxyl groups is 1. The van der Waals surface area contributed by atoms with Crippen molar-refractivity contribution in [2.45, 2.75) is 51.4 Å². The fourth-order valence-corrected chi connectivity index (χ4v) is 4.53. The average molecular weight is 216 g/mol. The van der Waals surface area contributed by atoms with Gasteiger partial charge in [-0.15, -0.1) is 6.58 Å². The Balaban J connectivity index is 4.31. The highest BCUT2D eigenvalue weighted by Gasteiger charge is 2.30. The summed E-state index contributed by atoms with van der Waals surface area (Å²) in [6, 6.07) is 3.45. The first kappa shape index (κ1) is 13.9. The zero-order valence-corrected chi connectivity index (χ0v) is 10.8. The number of aliphatic hydroxyl groups excluding tert-OH is 1. The van der Waals surface area contributed by atoms with Gasteiger partial charge in [0.2, 0.25) is 0 Å². The zero-order valence-electron chi connectivity index (χ0n) is 9.75. The Morgan fingerprint density at radius 1 is 1.29 bits per heavy atom. The van der Waals surface area contributed by atoms with Crippen molar-refractivity contribution in [1.82, 2.24) is 0 Å². The molecule has 2 nitrogen and oxygen atoms in total. The Kier molecular flexibility index (Phi) is 7.14. The lowest BCUT2D eigenvalue weighted by Crippen LogP contribution is -2.39. The summed E-state index contributed by atoms with van der Waals surface area (Å²) in [5, 5.41) is 8.87. The Labute approximate surface area is 89.1 Å². The summed E-state index contributed by atoms with van der Waals surface area (Å²) < 4.78 is 6.14. The third-order valence-electron chi connectivity index (χ3n) is 3.01. The highest BCUT2D eigenvalue weighted by Crippen LogP contribution is 2.24. The monoisotopic (exact) mass is 216 g/mol. The number of hydrogen-bond donors (Lipinski definition) is 1. The Morgan fingerprint density at radius 2 is 1.79 bits per heavy atom. The summed E-state index contributed by atoms with van der Waals surface area (Å²) in [5.74, 6) is 0. The van der Waals surface area contributed by atoms with Crippen LogP contribution in [0.3, 0.4) is 0 Å². The summed E-state index contributed by atoms with van der Waals surface area (Å²) in [6.07, 6.45) is 2.54. The molecule has 0 aromatic carbocycles. The van der Waals surface area contributed by atoms with E-state index in [-0.39, 0.29) is 12.7 Å². The van der Waals surface area contributed by atoms with Gasteiger partial charge in [0.1, 0.15) is 0 Å². The van der Waals surface area contributed by atoms with E-state index in [1.54, 1.807) is 0 Å². The van der Waals surface area contributed by atoms with E-state index >= 15 is 0 Å². The van der Waals surface area contributed by atoms with Crippen LogP contribution in [0.15, 0.2) is 12.7 Å².